The van der Waals surface area contributed by atoms with Gasteiger partial charge in [-0.05, 0) is 49.9 Å². The highest BCUT2D eigenvalue weighted by Gasteiger charge is 2.34. The van der Waals surface area contributed by atoms with Crippen LogP contribution in [0.1, 0.15) is 58.3 Å². The van der Waals surface area contributed by atoms with E-state index in [-0.39, 0.29) is 0 Å². The fourth-order valence-electron chi connectivity index (χ4n) is 3.60. The predicted molar refractivity (Wildman–Crippen MR) is 65.8 cm³/mol. The van der Waals surface area contributed by atoms with Crippen LogP contribution in [-0.4, -0.2) is 4.83 Å². The largest absolute Gasteiger partial charge is 0.0891 e. The molecule has 0 saturated heterocycles. The van der Waals surface area contributed by atoms with Gasteiger partial charge >= 0.3 is 0 Å². The van der Waals surface area contributed by atoms with Gasteiger partial charge in [-0.1, -0.05) is 42.1 Å². The van der Waals surface area contributed by atoms with Gasteiger partial charge in [-0.15, -0.1) is 0 Å². The third-order valence-corrected chi connectivity index (χ3v) is 5.19. The molecule has 0 radical (unpaired) electrons. The van der Waals surface area contributed by atoms with Crippen LogP contribution < -0.4 is 0 Å². The highest BCUT2D eigenvalue weighted by atomic mass is 79.9. The molecule has 0 aromatic carbocycles. The zero-order valence-electron chi connectivity index (χ0n) is 9.34. The second-order valence-electron chi connectivity index (χ2n) is 5.40. The van der Waals surface area contributed by atoms with E-state index in [1.165, 1.54) is 44.9 Å². The Labute approximate surface area is 97.0 Å². The van der Waals surface area contributed by atoms with Crippen molar-refractivity contribution in [3.8, 4) is 0 Å². The summed E-state index contributed by atoms with van der Waals surface area (Å²) < 4.78 is 0. The molecular formula is C13H23Br. The minimum atomic E-state index is 0.839. The maximum absolute atomic E-state index is 3.80. The Morgan fingerprint density at radius 1 is 1.00 bits per heavy atom. The quantitative estimate of drug-likeness (QED) is 0.627. The van der Waals surface area contributed by atoms with Gasteiger partial charge in [-0.25, -0.2) is 0 Å². The third kappa shape index (κ3) is 2.53. The van der Waals surface area contributed by atoms with Gasteiger partial charge in [0.05, 0.1) is 0 Å². The van der Waals surface area contributed by atoms with E-state index in [2.05, 4.69) is 22.9 Å². The smallest absolute Gasteiger partial charge is 0.0148 e. The van der Waals surface area contributed by atoms with Gasteiger partial charge in [0.1, 0.15) is 0 Å². The number of hydrogen-bond donors (Lipinski definition) is 0. The molecule has 0 aromatic rings. The summed E-state index contributed by atoms with van der Waals surface area (Å²) in [6.45, 7) is 2.33. The standard InChI is InChI=1S/C13H23Br/c1-2-3-10-4-5-12-9-13(14)7-6-11(12)8-10/h10-13H,2-9H2,1H3. The molecule has 0 nitrogen and oxygen atoms in total. The van der Waals surface area contributed by atoms with Gasteiger partial charge in [0.15, 0.2) is 0 Å². The first-order valence-electron chi connectivity index (χ1n) is 6.43. The molecule has 4 atom stereocenters. The van der Waals surface area contributed by atoms with Crippen molar-refractivity contribution in [2.75, 3.05) is 0 Å². The number of fused-ring (bicyclic) bond motifs is 1. The number of halogens is 1. The molecule has 0 heterocycles. The molecule has 0 aromatic heterocycles. The molecule has 2 fully saturated rings. The lowest BCUT2D eigenvalue weighted by molar-refractivity contribution is 0.129. The van der Waals surface area contributed by atoms with E-state index >= 15 is 0 Å². The third-order valence-electron chi connectivity index (χ3n) is 4.35. The van der Waals surface area contributed by atoms with Crippen LogP contribution in [0.4, 0.5) is 0 Å². The van der Waals surface area contributed by atoms with Crippen LogP contribution in [0.3, 0.4) is 0 Å². The van der Waals surface area contributed by atoms with Crippen LogP contribution in [0, 0.1) is 17.8 Å². The van der Waals surface area contributed by atoms with E-state index in [0.717, 1.165) is 22.6 Å². The normalized spacial score (nSPS) is 43.3. The molecule has 2 saturated carbocycles. The summed E-state index contributed by atoms with van der Waals surface area (Å²) in [5.41, 5.74) is 0. The minimum Gasteiger partial charge on any atom is -0.0891 e. The summed E-state index contributed by atoms with van der Waals surface area (Å²) in [6.07, 6.45) is 11.9. The molecule has 2 rings (SSSR count). The van der Waals surface area contributed by atoms with Gasteiger partial charge in [0.25, 0.3) is 0 Å². The molecule has 0 aliphatic heterocycles. The zero-order chi connectivity index (χ0) is 9.97. The molecule has 82 valence electrons. The van der Waals surface area contributed by atoms with Crippen molar-refractivity contribution >= 4 is 15.9 Å². The summed E-state index contributed by atoms with van der Waals surface area (Å²) in [5, 5.41) is 0. The highest BCUT2D eigenvalue weighted by molar-refractivity contribution is 9.09. The Bertz CT molecular complexity index is 178. The maximum atomic E-state index is 3.80. The molecular weight excluding hydrogens is 236 g/mol. The Hall–Kier alpha value is 0.480. The van der Waals surface area contributed by atoms with Gasteiger partial charge in [-0.3, -0.25) is 0 Å². The topological polar surface area (TPSA) is 0 Å². The lowest BCUT2D eigenvalue weighted by Gasteiger charge is -2.41. The fraction of sp³-hybridized carbons (Fsp3) is 1.00. The van der Waals surface area contributed by atoms with Crippen molar-refractivity contribution < 1.29 is 0 Å². The van der Waals surface area contributed by atoms with Gasteiger partial charge in [-0.2, -0.15) is 0 Å². The van der Waals surface area contributed by atoms with Crippen molar-refractivity contribution in [2.24, 2.45) is 17.8 Å². The van der Waals surface area contributed by atoms with Gasteiger partial charge in [0.2, 0.25) is 0 Å². The fourth-order valence-corrected chi connectivity index (χ4v) is 4.34. The van der Waals surface area contributed by atoms with E-state index in [1.807, 2.05) is 0 Å². The van der Waals surface area contributed by atoms with Gasteiger partial charge < -0.3 is 0 Å². The molecule has 4 unspecified atom stereocenters. The number of rotatable bonds is 2. The minimum absolute atomic E-state index is 0.839. The van der Waals surface area contributed by atoms with Gasteiger partial charge in [0, 0.05) is 4.83 Å². The molecule has 2 aliphatic carbocycles. The Balaban J connectivity index is 1.85. The average Bonchev–Trinajstić information content (AvgIpc) is 2.19. The number of hydrogen-bond acceptors (Lipinski definition) is 0. The van der Waals surface area contributed by atoms with Crippen LogP contribution in [0.5, 0.6) is 0 Å². The van der Waals surface area contributed by atoms with Crippen LogP contribution in [-0.2, 0) is 0 Å². The van der Waals surface area contributed by atoms with Crippen molar-refractivity contribution in [2.45, 2.75) is 63.1 Å². The molecule has 1 heteroatoms. The molecule has 0 N–H and O–H groups in total. The van der Waals surface area contributed by atoms with E-state index in [4.69, 9.17) is 0 Å². The molecule has 0 bridgehead atoms. The van der Waals surface area contributed by atoms with E-state index in [1.54, 1.807) is 6.42 Å². The van der Waals surface area contributed by atoms with E-state index in [0.29, 0.717) is 0 Å². The second kappa shape index (κ2) is 5.01. The van der Waals surface area contributed by atoms with Crippen molar-refractivity contribution in [1.29, 1.82) is 0 Å². The predicted octanol–water partition coefficient (Wildman–Crippen LogP) is 4.77. The molecule has 0 spiro atoms. The van der Waals surface area contributed by atoms with Crippen molar-refractivity contribution in [3.63, 3.8) is 0 Å². The summed E-state index contributed by atoms with van der Waals surface area (Å²) >= 11 is 3.80. The summed E-state index contributed by atoms with van der Waals surface area (Å²) in [6, 6.07) is 0. The summed E-state index contributed by atoms with van der Waals surface area (Å²) in [4.78, 5) is 0.839. The Kier molecular flexibility index (Phi) is 3.93. The monoisotopic (exact) mass is 258 g/mol. The first kappa shape index (κ1) is 11.0. The Morgan fingerprint density at radius 3 is 2.50 bits per heavy atom. The first-order valence-corrected chi connectivity index (χ1v) is 7.35. The molecule has 0 amide bonds. The SMILES string of the molecule is CCCC1CCC2CC(Br)CCC2C1. The van der Waals surface area contributed by atoms with Crippen molar-refractivity contribution in [1.82, 2.24) is 0 Å². The lowest BCUT2D eigenvalue weighted by Crippen LogP contribution is -2.31. The van der Waals surface area contributed by atoms with Crippen LogP contribution in [0.2, 0.25) is 0 Å². The zero-order valence-corrected chi connectivity index (χ0v) is 10.9. The lowest BCUT2D eigenvalue weighted by atomic mass is 9.67. The average molecular weight is 259 g/mol. The summed E-state index contributed by atoms with van der Waals surface area (Å²) in [5.74, 6) is 3.24. The van der Waals surface area contributed by atoms with Crippen LogP contribution in [0.25, 0.3) is 0 Å². The summed E-state index contributed by atoms with van der Waals surface area (Å²) in [7, 11) is 0. The van der Waals surface area contributed by atoms with E-state index in [9.17, 15) is 0 Å². The van der Waals surface area contributed by atoms with Crippen LogP contribution in [0.15, 0.2) is 0 Å². The maximum Gasteiger partial charge on any atom is 0.0148 e. The Morgan fingerprint density at radius 2 is 1.71 bits per heavy atom. The van der Waals surface area contributed by atoms with Crippen LogP contribution >= 0.6 is 15.9 Å². The number of alkyl halides is 1. The first-order chi connectivity index (χ1) is 6.79. The van der Waals surface area contributed by atoms with Crippen molar-refractivity contribution in [3.05, 3.63) is 0 Å². The van der Waals surface area contributed by atoms with E-state index < -0.39 is 0 Å². The second-order valence-corrected chi connectivity index (χ2v) is 6.69. The highest BCUT2D eigenvalue weighted by Crippen LogP contribution is 2.45. The molecule has 2 aliphatic rings. The molecule has 14 heavy (non-hydrogen) atoms.